The topological polar surface area (TPSA) is 9.23 Å². The summed E-state index contributed by atoms with van der Waals surface area (Å²) in [6.45, 7) is 6.10. The average Bonchev–Trinajstić information content (AvgIpc) is 2.35. The van der Waals surface area contributed by atoms with Gasteiger partial charge in [-0.15, -0.1) is 0 Å². The molecule has 3 heteroatoms. The molecule has 1 atom stereocenters. The van der Waals surface area contributed by atoms with E-state index < -0.39 is 0 Å². The van der Waals surface area contributed by atoms with Crippen molar-refractivity contribution in [2.45, 2.75) is 26.7 Å². The molecule has 102 valence electrons. The van der Waals surface area contributed by atoms with Gasteiger partial charge in [0.25, 0.3) is 0 Å². The highest BCUT2D eigenvalue weighted by atomic mass is 79.9. The molecule has 0 aliphatic rings. The number of ether oxygens (including phenoxy) is 1. The maximum absolute atomic E-state index is 5.66. The van der Waals surface area contributed by atoms with Gasteiger partial charge in [0, 0.05) is 23.0 Å². The molecular formula is C15H22Br2O. The Hall–Kier alpha value is 0.140. The molecule has 1 nitrogen and oxygen atoms in total. The molecule has 0 bridgehead atoms. The molecule has 1 aromatic carbocycles. The van der Waals surface area contributed by atoms with Crippen LogP contribution in [0.1, 0.15) is 25.8 Å². The van der Waals surface area contributed by atoms with Crippen LogP contribution in [-0.4, -0.2) is 18.5 Å². The Morgan fingerprint density at radius 2 is 1.83 bits per heavy atom. The first-order valence-corrected chi connectivity index (χ1v) is 8.41. The highest BCUT2D eigenvalue weighted by Crippen LogP contribution is 2.17. The maximum Gasteiger partial charge on any atom is 0.0488 e. The normalized spacial score (nSPS) is 12.9. The second-order valence-electron chi connectivity index (χ2n) is 5.11. The third kappa shape index (κ3) is 6.91. The predicted molar refractivity (Wildman–Crippen MR) is 85.4 cm³/mol. The molecule has 1 rings (SSSR count). The number of hydrogen-bond donors (Lipinski definition) is 0. The van der Waals surface area contributed by atoms with Gasteiger partial charge in [0.1, 0.15) is 0 Å². The Morgan fingerprint density at radius 1 is 1.17 bits per heavy atom. The Balaban J connectivity index is 2.30. The summed E-state index contributed by atoms with van der Waals surface area (Å²) in [4.78, 5) is 0. The molecule has 18 heavy (non-hydrogen) atoms. The van der Waals surface area contributed by atoms with Crippen LogP contribution in [0.2, 0.25) is 0 Å². The summed E-state index contributed by atoms with van der Waals surface area (Å²) < 4.78 is 6.80. The smallest absolute Gasteiger partial charge is 0.0488 e. The molecular weight excluding hydrogens is 356 g/mol. The SMILES string of the molecule is CC(C)COCCC(CBr)Cc1ccc(Br)cc1. The van der Waals surface area contributed by atoms with Gasteiger partial charge in [-0.2, -0.15) is 0 Å². The first-order valence-electron chi connectivity index (χ1n) is 6.50. The van der Waals surface area contributed by atoms with Crippen molar-refractivity contribution in [2.75, 3.05) is 18.5 Å². The summed E-state index contributed by atoms with van der Waals surface area (Å²) in [5, 5.41) is 1.04. The minimum atomic E-state index is 0.624. The van der Waals surface area contributed by atoms with Crippen molar-refractivity contribution >= 4 is 31.9 Å². The van der Waals surface area contributed by atoms with E-state index in [1.807, 2.05) is 0 Å². The Bertz CT molecular complexity index is 322. The third-order valence-corrected chi connectivity index (χ3v) is 4.22. The van der Waals surface area contributed by atoms with Gasteiger partial charge < -0.3 is 4.74 Å². The van der Waals surface area contributed by atoms with Crippen molar-refractivity contribution in [2.24, 2.45) is 11.8 Å². The van der Waals surface area contributed by atoms with Crippen molar-refractivity contribution < 1.29 is 4.74 Å². The molecule has 0 aliphatic carbocycles. The van der Waals surface area contributed by atoms with E-state index in [0.29, 0.717) is 11.8 Å². The van der Waals surface area contributed by atoms with Crippen LogP contribution in [0.15, 0.2) is 28.7 Å². The number of rotatable bonds is 8. The van der Waals surface area contributed by atoms with Gasteiger partial charge >= 0.3 is 0 Å². The zero-order valence-electron chi connectivity index (χ0n) is 11.2. The summed E-state index contributed by atoms with van der Waals surface area (Å²) in [6.07, 6.45) is 2.23. The van der Waals surface area contributed by atoms with Crippen LogP contribution in [0.5, 0.6) is 0 Å². The first kappa shape index (κ1) is 16.2. The molecule has 0 saturated heterocycles. The molecule has 0 N–H and O–H groups in total. The van der Waals surface area contributed by atoms with E-state index in [-0.39, 0.29) is 0 Å². The fourth-order valence-corrected chi connectivity index (χ4v) is 2.57. The monoisotopic (exact) mass is 376 g/mol. The second-order valence-corrected chi connectivity index (χ2v) is 6.67. The van der Waals surface area contributed by atoms with Crippen LogP contribution < -0.4 is 0 Å². The molecule has 0 amide bonds. The lowest BCUT2D eigenvalue weighted by Crippen LogP contribution is -2.11. The van der Waals surface area contributed by atoms with Gasteiger partial charge in [-0.25, -0.2) is 0 Å². The van der Waals surface area contributed by atoms with Gasteiger partial charge in [0.15, 0.2) is 0 Å². The van der Waals surface area contributed by atoms with E-state index >= 15 is 0 Å². The fraction of sp³-hybridized carbons (Fsp3) is 0.600. The number of halogens is 2. The Labute approximate surface area is 128 Å². The first-order chi connectivity index (χ1) is 8.61. The van der Waals surface area contributed by atoms with E-state index in [9.17, 15) is 0 Å². The molecule has 1 unspecified atom stereocenters. The molecule has 0 saturated carbocycles. The molecule has 0 radical (unpaired) electrons. The van der Waals surface area contributed by atoms with Crippen molar-refractivity contribution in [3.63, 3.8) is 0 Å². The van der Waals surface area contributed by atoms with Crippen LogP contribution in [0, 0.1) is 11.8 Å². The van der Waals surface area contributed by atoms with Crippen LogP contribution in [0.4, 0.5) is 0 Å². The Kier molecular flexibility index (Phi) is 8.20. The number of hydrogen-bond acceptors (Lipinski definition) is 1. The quantitative estimate of drug-likeness (QED) is 0.454. The standard InChI is InChI=1S/C15H22Br2O/c1-12(2)11-18-8-7-14(10-16)9-13-3-5-15(17)6-4-13/h3-6,12,14H,7-11H2,1-2H3. The van der Waals surface area contributed by atoms with Crippen LogP contribution in [0.3, 0.4) is 0 Å². The van der Waals surface area contributed by atoms with Crippen LogP contribution in [-0.2, 0) is 11.2 Å². The van der Waals surface area contributed by atoms with Gasteiger partial charge in [-0.1, -0.05) is 57.8 Å². The summed E-state index contributed by atoms with van der Waals surface area (Å²) in [7, 11) is 0. The minimum absolute atomic E-state index is 0.624. The fourth-order valence-electron chi connectivity index (χ4n) is 1.76. The lowest BCUT2D eigenvalue weighted by molar-refractivity contribution is 0.0998. The summed E-state index contributed by atoms with van der Waals surface area (Å²) in [5.41, 5.74) is 1.39. The summed E-state index contributed by atoms with van der Waals surface area (Å²) in [5.74, 6) is 1.28. The van der Waals surface area contributed by atoms with Crippen molar-refractivity contribution in [3.05, 3.63) is 34.3 Å². The van der Waals surface area contributed by atoms with E-state index in [1.165, 1.54) is 5.56 Å². The highest BCUT2D eigenvalue weighted by Gasteiger charge is 2.08. The maximum atomic E-state index is 5.66. The molecule has 0 aliphatic heterocycles. The lowest BCUT2D eigenvalue weighted by Gasteiger charge is -2.15. The van der Waals surface area contributed by atoms with Crippen molar-refractivity contribution in [1.82, 2.24) is 0 Å². The largest absolute Gasteiger partial charge is 0.381 e. The van der Waals surface area contributed by atoms with Gasteiger partial charge in [0.05, 0.1) is 0 Å². The minimum Gasteiger partial charge on any atom is -0.381 e. The predicted octanol–water partition coefficient (Wildman–Crippen LogP) is 5.07. The highest BCUT2D eigenvalue weighted by molar-refractivity contribution is 9.10. The van der Waals surface area contributed by atoms with Gasteiger partial charge in [-0.3, -0.25) is 0 Å². The molecule has 0 aromatic heterocycles. The Morgan fingerprint density at radius 3 is 2.39 bits per heavy atom. The zero-order valence-corrected chi connectivity index (χ0v) is 14.3. The van der Waals surface area contributed by atoms with E-state index in [2.05, 4.69) is 70.0 Å². The van der Waals surface area contributed by atoms with Crippen LogP contribution >= 0.6 is 31.9 Å². The van der Waals surface area contributed by atoms with E-state index in [1.54, 1.807) is 0 Å². The van der Waals surface area contributed by atoms with E-state index in [4.69, 9.17) is 4.74 Å². The molecule has 0 spiro atoms. The van der Waals surface area contributed by atoms with E-state index in [0.717, 1.165) is 35.9 Å². The van der Waals surface area contributed by atoms with Crippen LogP contribution in [0.25, 0.3) is 0 Å². The zero-order chi connectivity index (χ0) is 13.4. The number of benzene rings is 1. The molecule has 0 heterocycles. The summed E-state index contributed by atoms with van der Waals surface area (Å²) in [6, 6.07) is 8.59. The number of alkyl halides is 1. The second kappa shape index (κ2) is 9.11. The van der Waals surface area contributed by atoms with Crippen molar-refractivity contribution in [3.8, 4) is 0 Å². The average molecular weight is 378 g/mol. The third-order valence-electron chi connectivity index (χ3n) is 2.78. The summed E-state index contributed by atoms with van der Waals surface area (Å²) >= 11 is 7.07. The molecule has 1 aromatic rings. The molecule has 0 fully saturated rings. The van der Waals surface area contributed by atoms with Crippen molar-refractivity contribution in [1.29, 1.82) is 0 Å². The van der Waals surface area contributed by atoms with Gasteiger partial charge in [-0.05, 0) is 42.4 Å². The van der Waals surface area contributed by atoms with Gasteiger partial charge in [0.2, 0.25) is 0 Å². The lowest BCUT2D eigenvalue weighted by atomic mass is 9.98.